The molecule has 5 rings (SSSR count). The van der Waals surface area contributed by atoms with Crippen LogP contribution in [0.15, 0.2) is 102 Å². The molecule has 10 nitrogen and oxygen atoms in total. The molecule has 12 heteroatoms. The van der Waals surface area contributed by atoms with Crippen molar-refractivity contribution in [1.82, 2.24) is 10.3 Å². The minimum atomic E-state index is -0.555. The second kappa shape index (κ2) is 16.0. The van der Waals surface area contributed by atoms with Crippen LogP contribution in [-0.2, 0) is 9.59 Å². The number of nitrogens with one attached hydrogen (secondary N) is 3. The van der Waals surface area contributed by atoms with Crippen molar-refractivity contribution in [2.45, 2.75) is 24.0 Å². The highest BCUT2D eigenvalue weighted by molar-refractivity contribution is 8.00. The number of ether oxygens (including phenoxy) is 3. The molecule has 0 fully saturated rings. The summed E-state index contributed by atoms with van der Waals surface area (Å²) in [6.45, 7) is 4.29. The highest BCUT2D eigenvalue weighted by Gasteiger charge is 2.19. The third-order valence-corrected chi connectivity index (χ3v) is 8.96. The van der Waals surface area contributed by atoms with Crippen LogP contribution in [-0.4, -0.2) is 48.8 Å². The molecule has 4 aromatic carbocycles. The minimum Gasteiger partial charge on any atom is -0.494 e. The number of para-hydroxylation sites is 1. The molecule has 0 spiro atoms. The van der Waals surface area contributed by atoms with Crippen LogP contribution in [0.1, 0.15) is 29.8 Å². The number of hydrogen-bond donors (Lipinski definition) is 3. The van der Waals surface area contributed by atoms with Crippen molar-refractivity contribution in [3.05, 3.63) is 108 Å². The zero-order valence-electron chi connectivity index (χ0n) is 26.7. The summed E-state index contributed by atoms with van der Waals surface area (Å²) in [6, 6.07) is 26.6. The van der Waals surface area contributed by atoms with E-state index in [4.69, 9.17) is 14.2 Å². The average Bonchev–Trinajstić information content (AvgIpc) is 3.49. The van der Waals surface area contributed by atoms with Crippen LogP contribution in [0.5, 0.6) is 17.2 Å². The van der Waals surface area contributed by atoms with E-state index in [1.807, 2.05) is 31.2 Å². The van der Waals surface area contributed by atoms with Crippen LogP contribution in [0.4, 0.5) is 10.8 Å². The Morgan fingerprint density at radius 3 is 2.46 bits per heavy atom. The van der Waals surface area contributed by atoms with Crippen LogP contribution in [0.2, 0.25) is 0 Å². The van der Waals surface area contributed by atoms with E-state index < -0.39 is 17.1 Å². The lowest BCUT2D eigenvalue weighted by Gasteiger charge is -2.15. The van der Waals surface area contributed by atoms with Gasteiger partial charge in [0.15, 0.2) is 16.6 Å². The third kappa shape index (κ3) is 8.52. The maximum Gasteiger partial charge on any atom is 0.272 e. The number of hydrogen-bond acceptors (Lipinski definition) is 9. The van der Waals surface area contributed by atoms with Crippen LogP contribution in [0.3, 0.4) is 0 Å². The number of nitrogens with zero attached hydrogens (tertiary/aromatic N) is 1. The Balaban J connectivity index is 1.31. The number of rotatable bonds is 13. The van der Waals surface area contributed by atoms with Gasteiger partial charge in [-0.05, 0) is 74.5 Å². The van der Waals surface area contributed by atoms with Crippen molar-refractivity contribution in [3.8, 4) is 17.2 Å². The maximum atomic E-state index is 13.7. The van der Waals surface area contributed by atoms with E-state index >= 15 is 0 Å². The Hall–Kier alpha value is -5.33. The SMILES string of the molecule is CCOc1ccc2nc(NC(=O)C(C)Sc3cccc(NC(=O)/C(=C\c4cccc(OC)c4OC)NC(=O)c4ccccc4)c3)sc2c1. The summed E-state index contributed by atoms with van der Waals surface area (Å²) in [6.07, 6.45) is 1.53. The molecule has 0 aliphatic rings. The zero-order valence-corrected chi connectivity index (χ0v) is 28.4. The lowest BCUT2D eigenvalue weighted by molar-refractivity contribution is -0.115. The molecule has 1 atom stereocenters. The fraction of sp³-hybridized carbons (Fsp3) is 0.167. The molecule has 1 aromatic heterocycles. The highest BCUT2D eigenvalue weighted by atomic mass is 32.2. The van der Waals surface area contributed by atoms with Gasteiger partial charge in [0.05, 0.1) is 36.3 Å². The number of fused-ring (bicyclic) bond motifs is 1. The standard InChI is InChI=1S/C36H34N4O6S2/c1-5-46-26-17-18-28-31(21-26)48-36(39-28)40-33(41)22(2)47-27-15-10-14-25(20-27)37-35(43)29(38-34(42)23-11-7-6-8-12-23)19-24-13-9-16-30(44-3)32(24)45-4/h6-22H,5H2,1-4H3,(H,37,43)(H,38,42)(H,39,40,41)/b29-19+. The highest BCUT2D eigenvalue weighted by Crippen LogP contribution is 2.33. The number of methoxy groups -OCH3 is 2. The van der Waals surface area contributed by atoms with Gasteiger partial charge >= 0.3 is 0 Å². The van der Waals surface area contributed by atoms with E-state index in [0.29, 0.717) is 40.1 Å². The summed E-state index contributed by atoms with van der Waals surface area (Å²) in [5, 5.41) is 8.55. The van der Waals surface area contributed by atoms with Gasteiger partial charge in [0, 0.05) is 21.7 Å². The first-order valence-electron chi connectivity index (χ1n) is 15.0. The predicted molar refractivity (Wildman–Crippen MR) is 191 cm³/mol. The summed E-state index contributed by atoms with van der Waals surface area (Å²) in [7, 11) is 3.02. The van der Waals surface area contributed by atoms with E-state index in [0.717, 1.165) is 20.9 Å². The first-order chi connectivity index (χ1) is 23.3. The molecule has 1 heterocycles. The number of carbonyl (C=O) groups excluding carboxylic acids is 3. The number of thiazole rings is 1. The number of amides is 3. The first kappa shape index (κ1) is 34.0. The monoisotopic (exact) mass is 682 g/mol. The first-order valence-corrected chi connectivity index (χ1v) is 16.7. The molecule has 0 saturated heterocycles. The van der Waals surface area contributed by atoms with Gasteiger partial charge in [-0.15, -0.1) is 11.8 Å². The van der Waals surface area contributed by atoms with Crippen LogP contribution in [0, 0.1) is 0 Å². The van der Waals surface area contributed by atoms with Crippen molar-refractivity contribution in [2.75, 3.05) is 31.5 Å². The number of carbonyl (C=O) groups is 3. The molecule has 48 heavy (non-hydrogen) atoms. The molecule has 0 radical (unpaired) electrons. The third-order valence-electron chi connectivity index (χ3n) is 6.94. The number of anilines is 2. The van der Waals surface area contributed by atoms with E-state index in [2.05, 4.69) is 20.9 Å². The number of aromatic nitrogens is 1. The van der Waals surface area contributed by atoms with Gasteiger partial charge < -0.3 is 30.2 Å². The zero-order chi connectivity index (χ0) is 34.0. The molecule has 5 aromatic rings. The van der Waals surface area contributed by atoms with E-state index in [1.165, 1.54) is 43.4 Å². The summed E-state index contributed by atoms with van der Waals surface area (Å²) in [4.78, 5) is 45.1. The van der Waals surface area contributed by atoms with Gasteiger partial charge in [-0.2, -0.15) is 0 Å². The fourth-order valence-electron chi connectivity index (χ4n) is 4.65. The van der Waals surface area contributed by atoms with Crippen molar-refractivity contribution in [2.24, 2.45) is 0 Å². The second-order valence-corrected chi connectivity index (χ2v) is 12.7. The lowest BCUT2D eigenvalue weighted by Crippen LogP contribution is -2.30. The lowest BCUT2D eigenvalue weighted by atomic mass is 10.1. The summed E-state index contributed by atoms with van der Waals surface area (Å²) >= 11 is 2.71. The Labute approximate surface area is 286 Å². The van der Waals surface area contributed by atoms with Crippen LogP contribution < -0.4 is 30.2 Å². The predicted octanol–water partition coefficient (Wildman–Crippen LogP) is 7.24. The molecule has 0 aliphatic carbocycles. The largest absolute Gasteiger partial charge is 0.494 e. The van der Waals surface area contributed by atoms with Crippen molar-refractivity contribution < 1.29 is 28.6 Å². The molecule has 1 unspecified atom stereocenters. The van der Waals surface area contributed by atoms with Gasteiger partial charge in [0.2, 0.25) is 5.91 Å². The molecule has 0 saturated carbocycles. The van der Waals surface area contributed by atoms with Gasteiger partial charge in [-0.1, -0.05) is 47.7 Å². The molecular weight excluding hydrogens is 649 g/mol. The Bertz CT molecular complexity index is 1960. The number of thioether (sulfide) groups is 1. The Morgan fingerprint density at radius 2 is 1.71 bits per heavy atom. The molecule has 0 bridgehead atoms. The van der Waals surface area contributed by atoms with E-state index in [9.17, 15) is 14.4 Å². The summed E-state index contributed by atoms with van der Waals surface area (Å²) < 4.78 is 17.4. The van der Waals surface area contributed by atoms with Crippen molar-refractivity contribution >= 4 is 67.9 Å². The molecule has 0 aliphatic heterocycles. The van der Waals surface area contributed by atoms with Crippen LogP contribution >= 0.6 is 23.1 Å². The number of benzene rings is 4. The van der Waals surface area contributed by atoms with Gasteiger partial charge in [0.1, 0.15) is 11.4 Å². The quantitative estimate of drug-likeness (QED) is 0.0876. The van der Waals surface area contributed by atoms with Gasteiger partial charge in [-0.25, -0.2) is 4.98 Å². The van der Waals surface area contributed by atoms with Crippen LogP contribution in [0.25, 0.3) is 16.3 Å². The molecule has 3 N–H and O–H groups in total. The fourth-order valence-corrected chi connectivity index (χ4v) is 6.47. The molecular formula is C36H34N4O6S2. The van der Waals surface area contributed by atoms with Gasteiger partial charge in [0.25, 0.3) is 11.8 Å². The Morgan fingerprint density at radius 1 is 0.917 bits per heavy atom. The van der Waals surface area contributed by atoms with Crippen molar-refractivity contribution in [3.63, 3.8) is 0 Å². The van der Waals surface area contributed by atoms with E-state index in [-0.39, 0.29) is 11.6 Å². The van der Waals surface area contributed by atoms with Gasteiger partial charge in [-0.3, -0.25) is 14.4 Å². The summed E-state index contributed by atoms with van der Waals surface area (Å²) in [5.74, 6) is 0.419. The normalized spacial score (nSPS) is 11.8. The summed E-state index contributed by atoms with van der Waals surface area (Å²) in [5.41, 5.74) is 2.17. The smallest absolute Gasteiger partial charge is 0.272 e. The average molecular weight is 683 g/mol. The second-order valence-electron chi connectivity index (χ2n) is 10.3. The topological polar surface area (TPSA) is 128 Å². The van der Waals surface area contributed by atoms with Crippen molar-refractivity contribution in [1.29, 1.82) is 0 Å². The Kier molecular flexibility index (Phi) is 11.3. The molecule has 246 valence electrons. The maximum absolute atomic E-state index is 13.7. The van der Waals surface area contributed by atoms with E-state index in [1.54, 1.807) is 73.7 Å². The minimum absolute atomic E-state index is 0.00887. The molecule has 3 amide bonds.